The van der Waals surface area contributed by atoms with E-state index in [0.717, 1.165) is 0 Å². The van der Waals surface area contributed by atoms with E-state index in [1.54, 1.807) is 16.8 Å². The summed E-state index contributed by atoms with van der Waals surface area (Å²) in [6, 6.07) is 31.7. The summed E-state index contributed by atoms with van der Waals surface area (Å²) in [6.07, 6.45) is 14.4. The Labute approximate surface area is 253 Å². The number of hydrogen-bond donors (Lipinski definition) is 0. The van der Waals surface area contributed by atoms with Crippen LogP contribution < -0.4 is 24.8 Å². The van der Waals surface area contributed by atoms with Crippen molar-refractivity contribution in [1.29, 1.82) is 0 Å². The van der Waals surface area contributed by atoms with Gasteiger partial charge in [0.15, 0.2) is 0 Å². The van der Waals surface area contributed by atoms with Crippen molar-refractivity contribution in [2.45, 2.75) is 32.9 Å². The summed E-state index contributed by atoms with van der Waals surface area (Å²) in [6.45, 7) is 0. The zero-order valence-electron chi connectivity index (χ0n) is 21.5. The van der Waals surface area contributed by atoms with Gasteiger partial charge in [0.2, 0.25) is 0 Å². The predicted molar refractivity (Wildman–Crippen MR) is 150 cm³/mol. The van der Waals surface area contributed by atoms with Gasteiger partial charge in [-0.1, -0.05) is 0 Å². The number of halogens is 2. The van der Waals surface area contributed by atoms with E-state index in [0.29, 0.717) is 7.25 Å². The molecule has 2 heterocycles. The molecule has 0 amide bonds. The van der Waals surface area contributed by atoms with Gasteiger partial charge in [-0.2, -0.15) is 0 Å². The average Bonchev–Trinajstić information content (AvgIpc) is 3.73. The van der Waals surface area contributed by atoms with Crippen LogP contribution in [0.2, 0.25) is 0 Å². The number of aromatic nitrogens is 2. The van der Waals surface area contributed by atoms with E-state index in [-0.39, 0.29) is 24.8 Å². The summed E-state index contributed by atoms with van der Waals surface area (Å²) in [5.74, 6) is 0. The fourth-order valence-corrected chi connectivity index (χ4v) is 11.8. The summed E-state index contributed by atoms with van der Waals surface area (Å²) in [5.41, 5.74) is 13.5. The number of allylic oxidation sites excluding steroid dienone is 2. The maximum absolute atomic E-state index is 2.70. The van der Waals surface area contributed by atoms with E-state index >= 15 is 0 Å². The molecule has 0 N–H and O–H groups in total. The van der Waals surface area contributed by atoms with E-state index in [1.165, 1.54) is 64.7 Å². The first-order chi connectivity index (χ1) is 18.4. The number of rotatable bonds is 4. The van der Waals surface area contributed by atoms with Gasteiger partial charge in [-0.3, -0.25) is 0 Å². The smallest absolute Gasteiger partial charge is 1.00 e. The summed E-state index contributed by atoms with van der Waals surface area (Å²) in [7, 11) is 0. The van der Waals surface area contributed by atoms with Crippen molar-refractivity contribution in [3.05, 3.63) is 131 Å². The average molecular weight is 627 g/mol. The maximum atomic E-state index is 2.70. The molecule has 8 rings (SSSR count). The third-order valence-corrected chi connectivity index (χ3v) is 13.1. The maximum Gasteiger partial charge on any atom is -1.00 e. The van der Waals surface area contributed by atoms with Gasteiger partial charge in [-0.05, 0) is 0 Å². The molecule has 5 heteroatoms. The standard InChI is InChI=1S/C21H18N.C13H10N.2ClH.Zr/c1-2-8-16-14-17(13-15(16)7-1)22-20-11-5-3-9-18(20)19-10-4-6-12-21(19)22;1-2-6-12-10-13(9-11(12)5-1)14-7-3-4-8-14;;;/h1-3,5,7-9,11,13-14H,4,6,10,12H2;1-10H;2*1H;/q;;;;+2/p-2. The Kier molecular flexibility index (Phi) is 7.36. The van der Waals surface area contributed by atoms with Gasteiger partial charge in [-0.25, -0.2) is 0 Å². The van der Waals surface area contributed by atoms with E-state index < -0.39 is 23.2 Å². The second-order valence-electron chi connectivity index (χ2n) is 10.5. The molecule has 2 atom stereocenters. The van der Waals surface area contributed by atoms with Gasteiger partial charge < -0.3 is 24.8 Å². The van der Waals surface area contributed by atoms with Crippen molar-refractivity contribution in [3.63, 3.8) is 0 Å². The first-order valence-electron chi connectivity index (χ1n) is 13.5. The molecule has 2 nitrogen and oxygen atoms in total. The van der Waals surface area contributed by atoms with Crippen molar-refractivity contribution in [1.82, 2.24) is 9.13 Å². The van der Waals surface area contributed by atoms with E-state index in [9.17, 15) is 0 Å². The van der Waals surface area contributed by atoms with E-state index in [4.69, 9.17) is 0 Å². The number of hydrogen-bond acceptors (Lipinski definition) is 0. The van der Waals surface area contributed by atoms with Gasteiger partial charge in [0.25, 0.3) is 0 Å². The first-order valence-corrected chi connectivity index (χ1v) is 16.3. The molecule has 0 fully saturated rings. The monoisotopic (exact) mass is 624 g/mol. The molecule has 3 aliphatic rings. The molecule has 3 aliphatic carbocycles. The molecular formula is C34H28Cl2N2Zr. The number of para-hydroxylation sites is 1. The first kappa shape index (κ1) is 26.6. The van der Waals surface area contributed by atoms with Crippen LogP contribution in [0.4, 0.5) is 0 Å². The minimum Gasteiger partial charge on any atom is -1.00 e. The quantitative estimate of drug-likeness (QED) is 0.290. The SMILES string of the molecule is C1=C(n2cccc2)[CH]([Zr+2][CH]2C(n3c4c(c5ccccc53)CCCC4)=Cc3ccccc32)c2ccccc21.[Cl-].[Cl-]. The second kappa shape index (κ2) is 10.8. The van der Waals surface area contributed by atoms with Gasteiger partial charge in [0.05, 0.1) is 0 Å². The van der Waals surface area contributed by atoms with Gasteiger partial charge in [-0.15, -0.1) is 0 Å². The number of aryl methyl sites for hydroxylation is 1. The number of nitrogens with zero attached hydrogens (tertiary/aromatic N) is 2. The number of fused-ring (bicyclic) bond motifs is 5. The fraction of sp³-hybridized carbons (Fsp3) is 0.176. The predicted octanol–water partition coefficient (Wildman–Crippen LogP) is 2.22. The molecule has 0 bridgehead atoms. The Bertz CT molecular complexity index is 1730. The van der Waals surface area contributed by atoms with Gasteiger partial charge in [0, 0.05) is 0 Å². The number of benzene rings is 3. The fourth-order valence-electron chi connectivity index (χ4n) is 6.85. The molecule has 0 saturated heterocycles. The van der Waals surface area contributed by atoms with Crippen LogP contribution in [0.3, 0.4) is 0 Å². The topological polar surface area (TPSA) is 9.86 Å². The van der Waals surface area contributed by atoms with Crippen LogP contribution in [-0.4, -0.2) is 9.13 Å². The Morgan fingerprint density at radius 3 is 1.95 bits per heavy atom. The normalized spacial score (nSPS) is 18.7. The Hall–Kier alpha value is -2.58. The van der Waals surface area contributed by atoms with Crippen LogP contribution in [0.15, 0.2) is 97.3 Å². The Balaban J connectivity index is 0.00000138. The molecule has 0 radical (unpaired) electrons. The van der Waals surface area contributed by atoms with Crippen LogP contribution in [0, 0.1) is 0 Å². The van der Waals surface area contributed by atoms with Crippen LogP contribution in [-0.2, 0) is 36.1 Å². The van der Waals surface area contributed by atoms with E-state index in [1.807, 2.05) is 0 Å². The zero-order chi connectivity index (χ0) is 24.3. The summed E-state index contributed by atoms with van der Waals surface area (Å²) < 4.78 is 6.10. The molecule has 2 aromatic heterocycles. The van der Waals surface area contributed by atoms with Crippen LogP contribution >= 0.6 is 0 Å². The van der Waals surface area contributed by atoms with Crippen molar-refractivity contribution in [2.75, 3.05) is 0 Å². The summed E-state index contributed by atoms with van der Waals surface area (Å²) in [4.78, 5) is 0. The molecule has 2 unspecified atom stereocenters. The molecule has 0 spiro atoms. The summed E-state index contributed by atoms with van der Waals surface area (Å²) in [5, 5.41) is 1.47. The molecule has 0 saturated carbocycles. The van der Waals surface area contributed by atoms with Crippen molar-refractivity contribution >= 4 is 34.4 Å². The third-order valence-electron chi connectivity index (χ3n) is 8.49. The van der Waals surface area contributed by atoms with Crippen LogP contribution in [0.25, 0.3) is 34.4 Å². The van der Waals surface area contributed by atoms with Gasteiger partial charge >= 0.3 is 231 Å². The van der Waals surface area contributed by atoms with E-state index in [2.05, 4.69) is 119 Å². The minimum absolute atomic E-state index is 0. The second-order valence-corrected chi connectivity index (χ2v) is 14.2. The Morgan fingerprint density at radius 1 is 0.615 bits per heavy atom. The minimum atomic E-state index is -1.05. The molecule has 3 aromatic carbocycles. The third kappa shape index (κ3) is 4.26. The van der Waals surface area contributed by atoms with Crippen molar-refractivity contribution < 1.29 is 48.0 Å². The molecule has 0 aliphatic heterocycles. The Morgan fingerprint density at radius 2 is 1.21 bits per heavy atom. The summed E-state index contributed by atoms with van der Waals surface area (Å²) >= 11 is -1.05. The molecular weight excluding hydrogens is 599 g/mol. The van der Waals surface area contributed by atoms with Crippen LogP contribution in [0.1, 0.15) is 53.6 Å². The van der Waals surface area contributed by atoms with Crippen molar-refractivity contribution in [3.8, 4) is 0 Å². The van der Waals surface area contributed by atoms with Crippen LogP contribution in [0.5, 0.6) is 0 Å². The molecule has 39 heavy (non-hydrogen) atoms. The zero-order valence-corrected chi connectivity index (χ0v) is 25.5. The largest absolute Gasteiger partial charge is 1.00 e. The molecule has 5 aromatic rings. The van der Waals surface area contributed by atoms with Crippen molar-refractivity contribution in [2.24, 2.45) is 0 Å². The molecule has 192 valence electrons. The van der Waals surface area contributed by atoms with Gasteiger partial charge in [0.1, 0.15) is 0 Å².